The molecule has 0 rings (SSSR count). The summed E-state index contributed by atoms with van der Waals surface area (Å²) >= 11 is 24.5. The predicted octanol–water partition coefficient (Wildman–Crippen LogP) is 5.79. The SMILES string of the molecule is FC(F)(Cl)C(F)(F)C(F)(Cl)C(F)(Br)C(Cl)(Cl)Cl. The predicted molar refractivity (Wildman–Crippen MR) is 58.5 cm³/mol. The third-order valence-electron chi connectivity index (χ3n) is 1.50. The first-order chi connectivity index (χ1) is 7.00. The zero-order valence-electron chi connectivity index (χ0n) is 7.04. The van der Waals surface area contributed by atoms with E-state index in [1.807, 2.05) is 0 Å². The van der Waals surface area contributed by atoms with Gasteiger partial charge in [-0.15, -0.1) is 0 Å². The second-order valence-corrected chi connectivity index (χ2v) is 7.09. The van der Waals surface area contributed by atoms with Gasteiger partial charge in [-0.25, -0.2) is 8.78 Å². The third kappa shape index (κ3) is 2.99. The molecular weight excluding hydrogens is 431 g/mol. The van der Waals surface area contributed by atoms with Crippen LogP contribution in [-0.2, 0) is 0 Å². The molecule has 0 saturated carbocycles. The Kier molecular flexibility index (Phi) is 5.23. The molecule has 0 aromatic heterocycles. The molecule has 0 fully saturated rings. The molecule has 17 heavy (non-hydrogen) atoms. The second-order valence-electron chi connectivity index (χ2n) is 2.72. The lowest BCUT2D eigenvalue weighted by molar-refractivity contribution is -0.226. The van der Waals surface area contributed by atoms with Crippen LogP contribution in [0.1, 0.15) is 0 Å². The Morgan fingerprint density at radius 3 is 1.18 bits per heavy atom. The van der Waals surface area contributed by atoms with Crippen molar-refractivity contribution in [1.82, 2.24) is 0 Å². The fourth-order valence-corrected chi connectivity index (χ4v) is 1.78. The highest BCUT2D eigenvalue weighted by atomic mass is 79.9. The first kappa shape index (κ1) is 18.5. The molecular formula is C5BrCl5F6. The lowest BCUT2D eigenvalue weighted by Crippen LogP contribution is -2.63. The summed E-state index contributed by atoms with van der Waals surface area (Å²) in [5.74, 6) is -5.87. The first-order valence-electron chi connectivity index (χ1n) is 3.27. The Morgan fingerprint density at radius 2 is 1.00 bits per heavy atom. The fraction of sp³-hybridized carbons (Fsp3) is 1.00. The summed E-state index contributed by atoms with van der Waals surface area (Å²) in [4.78, 5) is 0. The Labute approximate surface area is 125 Å². The van der Waals surface area contributed by atoms with E-state index in [9.17, 15) is 26.3 Å². The van der Waals surface area contributed by atoms with E-state index in [0.717, 1.165) is 0 Å². The van der Waals surface area contributed by atoms with Gasteiger partial charge in [0.2, 0.25) is 3.79 Å². The van der Waals surface area contributed by atoms with Crippen molar-refractivity contribution in [3.63, 3.8) is 0 Å². The topological polar surface area (TPSA) is 0 Å². The molecule has 0 aromatic rings. The maximum Gasteiger partial charge on any atom is 0.388 e. The quantitative estimate of drug-likeness (QED) is 0.392. The highest BCUT2D eigenvalue weighted by Crippen LogP contribution is 2.62. The Morgan fingerprint density at radius 1 is 0.706 bits per heavy atom. The molecule has 0 spiro atoms. The van der Waals surface area contributed by atoms with E-state index in [4.69, 9.17) is 34.8 Å². The molecule has 0 amide bonds. The van der Waals surface area contributed by atoms with Crippen LogP contribution in [0.2, 0.25) is 0 Å². The van der Waals surface area contributed by atoms with Gasteiger partial charge >= 0.3 is 16.4 Å². The standard InChI is InChI=1S/C5BrCl5F6/c6-1(12,4(8,9)10)2(7,13)3(14,15)5(11,16)17. The summed E-state index contributed by atoms with van der Waals surface area (Å²) in [5.41, 5.74) is 0. The van der Waals surface area contributed by atoms with Gasteiger partial charge in [0.1, 0.15) is 0 Å². The van der Waals surface area contributed by atoms with Gasteiger partial charge in [-0.2, -0.15) is 17.6 Å². The van der Waals surface area contributed by atoms with Crippen LogP contribution in [0.3, 0.4) is 0 Å². The van der Waals surface area contributed by atoms with Crippen molar-refractivity contribution in [2.75, 3.05) is 0 Å². The molecule has 0 nitrogen and oxygen atoms in total. The van der Waals surface area contributed by atoms with Crippen LogP contribution in [0, 0.1) is 0 Å². The van der Waals surface area contributed by atoms with E-state index >= 15 is 0 Å². The third-order valence-corrected chi connectivity index (χ3v) is 5.07. The van der Waals surface area contributed by atoms with E-state index in [1.165, 1.54) is 0 Å². The van der Waals surface area contributed by atoms with Crippen LogP contribution in [0.15, 0.2) is 0 Å². The molecule has 2 atom stereocenters. The lowest BCUT2D eigenvalue weighted by atomic mass is 10.1. The van der Waals surface area contributed by atoms with Gasteiger partial charge in [0.25, 0.3) is 4.58 Å². The lowest BCUT2D eigenvalue weighted by Gasteiger charge is -2.40. The highest BCUT2D eigenvalue weighted by molar-refractivity contribution is 9.10. The summed E-state index contributed by atoms with van der Waals surface area (Å²) in [6.07, 6.45) is 0. The molecule has 0 bridgehead atoms. The van der Waals surface area contributed by atoms with Crippen molar-refractivity contribution in [3.8, 4) is 0 Å². The van der Waals surface area contributed by atoms with Crippen molar-refractivity contribution in [3.05, 3.63) is 0 Å². The van der Waals surface area contributed by atoms with Gasteiger partial charge in [-0.1, -0.05) is 46.4 Å². The molecule has 0 N–H and O–H groups in total. The second kappa shape index (κ2) is 4.81. The molecule has 2 unspecified atom stereocenters. The largest absolute Gasteiger partial charge is 0.388 e. The van der Waals surface area contributed by atoms with Gasteiger partial charge in [0.15, 0.2) is 0 Å². The molecule has 0 aliphatic heterocycles. The van der Waals surface area contributed by atoms with Gasteiger partial charge < -0.3 is 0 Å². The van der Waals surface area contributed by atoms with Crippen molar-refractivity contribution in [2.24, 2.45) is 0 Å². The molecule has 12 heteroatoms. The van der Waals surface area contributed by atoms with Crippen LogP contribution in [0.25, 0.3) is 0 Å². The zero-order chi connectivity index (χ0) is 14.5. The number of halogens is 12. The molecule has 0 aliphatic carbocycles. The van der Waals surface area contributed by atoms with Crippen LogP contribution in [0.4, 0.5) is 26.3 Å². The van der Waals surface area contributed by atoms with E-state index in [-0.39, 0.29) is 0 Å². The fourth-order valence-electron chi connectivity index (χ4n) is 0.553. The van der Waals surface area contributed by atoms with Crippen LogP contribution < -0.4 is 0 Å². The summed E-state index contributed by atoms with van der Waals surface area (Å²) < 4.78 is 69.6. The van der Waals surface area contributed by atoms with Crippen LogP contribution >= 0.6 is 73.9 Å². The minimum atomic E-state index is -5.87. The number of alkyl halides is 12. The average Bonchev–Trinajstić information content (AvgIpc) is 1.98. The number of hydrogen-bond donors (Lipinski definition) is 0. The molecule has 0 heterocycles. The molecule has 0 radical (unpaired) electrons. The van der Waals surface area contributed by atoms with Crippen molar-refractivity contribution < 1.29 is 26.3 Å². The minimum absolute atomic E-state index is 1.61. The first-order valence-corrected chi connectivity index (χ1v) is 5.95. The monoisotopic (exact) mass is 428 g/mol. The zero-order valence-corrected chi connectivity index (χ0v) is 12.4. The van der Waals surface area contributed by atoms with E-state index in [1.54, 1.807) is 15.9 Å². The van der Waals surface area contributed by atoms with E-state index in [0.29, 0.717) is 0 Å². The van der Waals surface area contributed by atoms with Gasteiger partial charge in [0.05, 0.1) is 0 Å². The minimum Gasteiger partial charge on any atom is -0.221 e. The smallest absolute Gasteiger partial charge is 0.221 e. The maximum atomic E-state index is 13.5. The highest BCUT2D eigenvalue weighted by Gasteiger charge is 2.81. The normalized spacial score (nSPS) is 21.9. The Hall–Kier alpha value is 1.51. The van der Waals surface area contributed by atoms with Gasteiger partial charge in [-0.3, -0.25) is 0 Å². The summed E-state index contributed by atoms with van der Waals surface area (Å²) in [5, 5.41) is -10.6. The molecule has 0 aromatic carbocycles. The Balaban J connectivity index is 5.73. The van der Waals surface area contributed by atoms with Crippen molar-refractivity contribution >= 4 is 73.9 Å². The Bertz CT molecular complexity index is 266. The van der Waals surface area contributed by atoms with Gasteiger partial charge in [-0.05, 0) is 27.5 Å². The van der Waals surface area contributed by atoms with E-state index < -0.39 is 24.8 Å². The van der Waals surface area contributed by atoms with E-state index in [2.05, 4.69) is 23.2 Å². The van der Waals surface area contributed by atoms with Crippen LogP contribution in [0.5, 0.6) is 0 Å². The van der Waals surface area contributed by atoms with Crippen molar-refractivity contribution in [1.29, 1.82) is 0 Å². The maximum absolute atomic E-state index is 13.5. The number of hydrogen-bond acceptors (Lipinski definition) is 0. The average molecular weight is 431 g/mol. The summed E-state index contributed by atoms with van der Waals surface area (Å²) in [6.45, 7) is 0. The summed E-state index contributed by atoms with van der Waals surface area (Å²) in [6, 6.07) is 0. The molecule has 104 valence electrons. The van der Waals surface area contributed by atoms with Gasteiger partial charge in [0, 0.05) is 0 Å². The van der Waals surface area contributed by atoms with Crippen LogP contribution in [-0.4, -0.2) is 24.8 Å². The number of rotatable bonds is 3. The van der Waals surface area contributed by atoms with Crippen molar-refractivity contribution in [2.45, 2.75) is 24.8 Å². The molecule has 0 saturated heterocycles. The summed E-state index contributed by atoms with van der Waals surface area (Å²) in [7, 11) is 0. The molecule has 0 aliphatic rings.